The highest BCUT2D eigenvalue weighted by atomic mass is 16.5. The predicted octanol–water partition coefficient (Wildman–Crippen LogP) is 1.18. The quantitative estimate of drug-likeness (QED) is 0.631. The number of nitrogens with one attached hydrogen (secondary N) is 1. The van der Waals surface area contributed by atoms with Crippen LogP contribution in [0, 0.1) is 5.92 Å². The summed E-state index contributed by atoms with van der Waals surface area (Å²) in [6, 6.07) is 0. The first-order valence-electron chi connectivity index (χ1n) is 6.71. The summed E-state index contributed by atoms with van der Waals surface area (Å²) in [5.41, 5.74) is 0. The summed E-state index contributed by atoms with van der Waals surface area (Å²) in [4.78, 5) is 0. The van der Waals surface area contributed by atoms with E-state index in [1.54, 1.807) is 7.11 Å². The summed E-state index contributed by atoms with van der Waals surface area (Å²) in [6.07, 6.45) is 4.81. The first kappa shape index (κ1) is 14.9. The van der Waals surface area contributed by atoms with Crippen LogP contribution in [0.1, 0.15) is 32.6 Å². The van der Waals surface area contributed by atoms with Crippen molar-refractivity contribution < 1.29 is 14.6 Å². The summed E-state index contributed by atoms with van der Waals surface area (Å²) in [5.74, 6) is 0.769. The fraction of sp³-hybridized carbons (Fsp3) is 1.00. The van der Waals surface area contributed by atoms with Crippen LogP contribution in [-0.4, -0.2) is 50.7 Å². The lowest BCUT2D eigenvalue weighted by atomic mass is 9.89. The van der Waals surface area contributed by atoms with Crippen LogP contribution in [0.2, 0.25) is 0 Å². The Morgan fingerprint density at radius 3 is 2.94 bits per heavy atom. The van der Waals surface area contributed by atoms with Crippen LogP contribution in [0.25, 0.3) is 0 Å². The van der Waals surface area contributed by atoms with Gasteiger partial charge in [0.2, 0.25) is 0 Å². The average Bonchev–Trinajstić information content (AvgIpc) is 2.32. The molecule has 1 aliphatic rings. The number of aliphatic hydroxyl groups is 1. The van der Waals surface area contributed by atoms with Crippen LogP contribution >= 0.6 is 0 Å². The molecule has 4 nitrogen and oxygen atoms in total. The van der Waals surface area contributed by atoms with E-state index in [0.29, 0.717) is 25.9 Å². The molecule has 0 aromatic carbocycles. The Morgan fingerprint density at radius 1 is 1.41 bits per heavy atom. The lowest BCUT2D eigenvalue weighted by Gasteiger charge is -2.27. The van der Waals surface area contributed by atoms with Gasteiger partial charge < -0.3 is 19.9 Å². The Morgan fingerprint density at radius 2 is 2.24 bits per heavy atom. The summed E-state index contributed by atoms with van der Waals surface area (Å²) in [7, 11) is 1.67. The Labute approximate surface area is 105 Å². The number of ether oxygens (including phenoxy) is 2. The molecular weight excluding hydrogens is 218 g/mol. The van der Waals surface area contributed by atoms with E-state index in [9.17, 15) is 5.11 Å². The van der Waals surface area contributed by atoms with Gasteiger partial charge in [-0.2, -0.15) is 0 Å². The second-order valence-electron chi connectivity index (χ2n) is 5.08. The first-order valence-corrected chi connectivity index (χ1v) is 6.71. The summed E-state index contributed by atoms with van der Waals surface area (Å²) in [6.45, 7) is 4.74. The van der Waals surface area contributed by atoms with Crippen LogP contribution < -0.4 is 5.32 Å². The molecular formula is C13H27NO3. The molecule has 0 aromatic heterocycles. The summed E-state index contributed by atoms with van der Waals surface area (Å²) < 4.78 is 10.7. The van der Waals surface area contributed by atoms with E-state index in [1.807, 2.05) is 0 Å². The molecule has 1 fully saturated rings. The highest BCUT2D eigenvalue weighted by molar-refractivity contribution is 4.71. The molecule has 3 atom stereocenters. The molecule has 1 saturated carbocycles. The van der Waals surface area contributed by atoms with Crippen molar-refractivity contribution >= 4 is 0 Å². The molecule has 0 aliphatic heterocycles. The molecule has 17 heavy (non-hydrogen) atoms. The van der Waals surface area contributed by atoms with E-state index in [0.717, 1.165) is 25.3 Å². The number of rotatable bonds is 8. The summed E-state index contributed by atoms with van der Waals surface area (Å²) in [5, 5.41) is 12.8. The van der Waals surface area contributed by atoms with E-state index >= 15 is 0 Å². The Hall–Kier alpha value is -0.160. The number of methoxy groups -OCH3 is 1. The highest BCUT2D eigenvalue weighted by Crippen LogP contribution is 2.25. The zero-order valence-electron chi connectivity index (χ0n) is 11.2. The van der Waals surface area contributed by atoms with Gasteiger partial charge in [-0.1, -0.05) is 19.8 Å². The first-order chi connectivity index (χ1) is 8.22. The second-order valence-corrected chi connectivity index (χ2v) is 5.08. The summed E-state index contributed by atoms with van der Waals surface area (Å²) >= 11 is 0. The van der Waals surface area contributed by atoms with E-state index in [4.69, 9.17) is 9.47 Å². The molecule has 102 valence electrons. The fourth-order valence-corrected chi connectivity index (χ4v) is 2.28. The standard InChI is InChI=1S/C13H27NO3/c1-11-4-3-5-13(8-11)17-10-12(15)9-14-6-7-16-2/h11-15H,3-10H2,1-2H3/t11-,12-,13-/m1/s1. The normalized spacial score (nSPS) is 27.0. The van der Waals surface area contributed by atoms with Gasteiger partial charge in [0.1, 0.15) is 0 Å². The number of hydrogen-bond acceptors (Lipinski definition) is 4. The van der Waals surface area contributed by atoms with Gasteiger partial charge in [-0.25, -0.2) is 0 Å². The minimum atomic E-state index is -0.413. The molecule has 1 aliphatic carbocycles. The lowest BCUT2D eigenvalue weighted by molar-refractivity contribution is -0.0307. The van der Waals surface area contributed by atoms with Gasteiger partial charge in [-0.15, -0.1) is 0 Å². The van der Waals surface area contributed by atoms with Gasteiger partial charge in [0, 0.05) is 20.2 Å². The number of hydrogen-bond donors (Lipinski definition) is 2. The molecule has 0 amide bonds. The second kappa shape index (κ2) is 8.86. The molecule has 4 heteroatoms. The van der Waals surface area contributed by atoms with E-state index in [2.05, 4.69) is 12.2 Å². The van der Waals surface area contributed by atoms with E-state index in [1.165, 1.54) is 12.8 Å². The third-order valence-corrected chi connectivity index (χ3v) is 3.28. The SMILES string of the molecule is COCCNC[C@@H](O)CO[C@@H]1CCC[C@@H](C)C1. The topological polar surface area (TPSA) is 50.7 Å². The Bertz CT molecular complexity index is 190. The average molecular weight is 245 g/mol. The Balaban J connectivity index is 2.00. The minimum Gasteiger partial charge on any atom is -0.389 e. The molecule has 2 N–H and O–H groups in total. The molecule has 0 unspecified atom stereocenters. The van der Waals surface area contributed by atoms with Crippen molar-refractivity contribution in [2.75, 3.05) is 33.4 Å². The van der Waals surface area contributed by atoms with E-state index in [-0.39, 0.29) is 0 Å². The third kappa shape index (κ3) is 6.99. The number of aliphatic hydroxyl groups excluding tert-OH is 1. The van der Waals surface area contributed by atoms with Crippen molar-refractivity contribution in [3.05, 3.63) is 0 Å². The highest BCUT2D eigenvalue weighted by Gasteiger charge is 2.20. The van der Waals surface area contributed by atoms with Crippen LogP contribution in [-0.2, 0) is 9.47 Å². The maximum Gasteiger partial charge on any atom is 0.0897 e. The van der Waals surface area contributed by atoms with Crippen molar-refractivity contribution in [1.82, 2.24) is 5.32 Å². The zero-order valence-corrected chi connectivity index (χ0v) is 11.2. The smallest absolute Gasteiger partial charge is 0.0897 e. The van der Waals surface area contributed by atoms with E-state index < -0.39 is 6.10 Å². The van der Waals surface area contributed by atoms with Gasteiger partial charge in [-0.3, -0.25) is 0 Å². The Kier molecular flexibility index (Phi) is 7.77. The molecule has 0 bridgehead atoms. The van der Waals surface area contributed by atoms with Crippen LogP contribution in [0.4, 0.5) is 0 Å². The lowest BCUT2D eigenvalue weighted by Crippen LogP contribution is -2.34. The van der Waals surface area contributed by atoms with Crippen molar-refractivity contribution in [2.45, 2.75) is 44.8 Å². The maximum absolute atomic E-state index is 9.72. The van der Waals surface area contributed by atoms with Crippen molar-refractivity contribution in [2.24, 2.45) is 5.92 Å². The molecule has 0 spiro atoms. The minimum absolute atomic E-state index is 0.354. The zero-order chi connectivity index (χ0) is 12.5. The van der Waals surface area contributed by atoms with Crippen molar-refractivity contribution in [1.29, 1.82) is 0 Å². The predicted molar refractivity (Wildman–Crippen MR) is 68.1 cm³/mol. The maximum atomic E-state index is 9.72. The molecule has 0 radical (unpaired) electrons. The third-order valence-electron chi connectivity index (χ3n) is 3.28. The molecule has 0 saturated heterocycles. The van der Waals surface area contributed by atoms with Gasteiger partial charge in [0.25, 0.3) is 0 Å². The molecule has 0 heterocycles. The van der Waals surface area contributed by atoms with Crippen LogP contribution in [0.3, 0.4) is 0 Å². The molecule has 1 rings (SSSR count). The van der Waals surface area contributed by atoms with Crippen molar-refractivity contribution in [3.8, 4) is 0 Å². The van der Waals surface area contributed by atoms with Gasteiger partial charge in [-0.05, 0) is 18.8 Å². The molecule has 0 aromatic rings. The van der Waals surface area contributed by atoms with Crippen LogP contribution in [0.5, 0.6) is 0 Å². The monoisotopic (exact) mass is 245 g/mol. The van der Waals surface area contributed by atoms with Crippen LogP contribution in [0.15, 0.2) is 0 Å². The van der Waals surface area contributed by atoms with Crippen molar-refractivity contribution in [3.63, 3.8) is 0 Å². The van der Waals surface area contributed by atoms with Gasteiger partial charge in [0.05, 0.1) is 25.4 Å². The fourth-order valence-electron chi connectivity index (χ4n) is 2.28. The largest absolute Gasteiger partial charge is 0.389 e. The van der Waals surface area contributed by atoms with Gasteiger partial charge in [0.15, 0.2) is 0 Å². The van der Waals surface area contributed by atoms with Gasteiger partial charge >= 0.3 is 0 Å².